The number of nitrogens with zero attached hydrogens (tertiary/aromatic N) is 1. The minimum absolute atomic E-state index is 0.123. The van der Waals surface area contributed by atoms with Crippen LogP contribution in [0.5, 0.6) is 0 Å². The summed E-state index contributed by atoms with van der Waals surface area (Å²) in [4.78, 5) is 2.07. The monoisotopic (exact) mass is 307 g/mol. The third-order valence-electron chi connectivity index (χ3n) is 3.08. The Balaban J connectivity index is 3.58. The molecule has 110 valence electrons. The average Bonchev–Trinajstić information content (AvgIpc) is 2.11. The van der Waals surface area contributed by atoms with E-state index in [0.717, 1.165) is 25.4 Å². The van der Waals surface area contributed by atoms with Crippen LogP contribution < -0.4 is 0 Å². The fourth-order valence-electron chi connectivity index (χ4n) is 2.07. The Morgan fingerprint density at radius 3 is 1.89 bits per heavy atom. The van der Waals surface area contributed by atoms with Crippen LogP contribution in [-0.4, -0.2) is 48.3 Å². The summed E-state index contributed by atoms with van der Waals surface area (Å²) in [6.45, 7) is 0. The molecule has 0 radical (unpaired) electrons. The van der Waals surface area contributed by atoms with Gasteiger partial charge in [-0.1, -0.05) is 0 Å². The fourth-order valence-corrected chi connectivity index (χ4v) is 4.06. The van der Waals surface area contributed by atoms with Crippen LogP contribution >= 0.6 is 0 Å². The summed E-state index contributed by atoms with van der Waals surface area (Å²) in [6.07, 6.45) is 6.13. The maximum Gasteiger partial charge on any atom is 0.177 e. The number of rotatable bonds is 3. The van der Waals surface area contributed by atoms with Gasteiger partial charge in [0, 0.05) is 37.2 Å². The van der Waals surface area contributed by atoms with E-state index in [2.05, 4.69) is 0 Å². The highest BCUT2D eigenvalue weighted by molar-refractivity contribution is 7.95. The minimum atomic E-state index is -3.46. The van der Waals surface area contributed by atoms with E-state index in [1.807, 2.05) is 0 Å². The number of hydrogen-bond donors (Lipinski definition) is 0. The Hall–Kier alpha value is -0.820. The summed E-state index contributed by atoms with van der Waals surface area (Å²) in [7, 11) is -3.27. The van der Waals surface area contributed by atoms with E-state index in [1.54, 1.807) is 19.0 Å². The molecule has 1 aliphatic rings. The van der Waals surface area contributed by atoms with Crippen LogP contribution in [0.2, 0.25) is 0 Å². The van der Waals surface area contributed by atoms with Crippen molar-refractivity contribution in [2.45, 2.75) is 25.7 Å². The molecule has 0 unspecified atom stereocenters. The van der Waals surface area contributed by atoms with Crippen molar-refractivity contribution < 1.29 is 16.8 Å². The molecule has 7 heteroatoms. The van der Waals surface area contributed by atoms with E-state index in [-0.39, 0.29) is 9.81 Å². The Labute approximate surface area is 115 Å². The van der Waals surface area contributed by atoms with Gasteiger partial charge in [0.1, 0.15) is 0 Å². The van der Waals surface area contributed by atoms with Crippen LogP contribution in [0.3, 0.4) is 0 Å². The van der Waals surface area contributed by atoms with Crippen LogP contribution in [0.1, 0.15) is 25.7 Å². The molecular formula is C12H21NO4S2. The van der Waals surface area contributed by atoms with Gasteiger partial charge in [-0.3, -0.25) is 0 Å². The Morgan fingerprint density at radius 1 is 0.947 bits per heavy atom. The molecule has 0 atom stereocenters. The van der Waals surface area contributed by atoms with Crippen molar-refractivity contribution in [3.63, 3.8) is 0 Å². The molecule has 0 bridgehead atoms. The summed E-state index contributed by atoms with van der Waals surface area (Å²) in [5, 5.41) is 0. The van der Waals surface area contributed by atoms with Gasteiger partial charge in [0.15, 0.2) is 19.7 Å². The van der Waals surface area contributed by atoms with Gasteiger partial charge in [0.25, 0.3) is 0 Å². The molecule has 0 aromatic heterocycles. The second kappa shape index (κ2) is 5.66. The van der Waals surface area contributed by atoms with Gasteiger partial charge < -0.3 is 4.90 Å². The van der Waals surface area contributed by atoms with E-state index < -0.39 is 19.7 Å². The molecule has 19 heavy (non-hydrogen) atoms. The molecule has 5 nitrogen and oxygen atoms in total. The largest absolute Gasteiger partial charge is 0.380 e. The molecule has 0 amide bonds. The predicted octanol–water partition coefficient (Wildman–Crippen LogP) is 1.31. The lowest BCUT2D eigenvalue weighted by molar-refractivity contribution is 0.472. The van der Waals surface area contributed by atoms with Crippen molar-refractivity contribution in [3.05, 3.63) is 21.6 Å². The molecule has 0 N–H and O–H groups in total. The third-order valence-corrected chi connectivity index (χ3v) is 5.51. The van der Waals surface area contributed by atoms with Gasteiger partial charge in [-0.05, 0) is 31.8 Å². The zero-order valence-electron chi connectivity index (χ0n) is 11.8. The number of sulfone groups is 2. The summed E-state index contributed by atoms with van der Waals surface area (Å²) < 4.78 is 47.2. The fraction of sp³-hybridized carbons (Fsp3) is 0.667. The van der Waals surface area contributed by atoms with Crippen LogP contribution in [-0.2, 0) is 19.7 Å². The average molecular weight is 307 g/mol. The van der Waals surface area contributed by atoms with Crippen molar-refractivity contribution >= 4 is 19.7 Å². The summed E-state index contributed by atoms with van der Waals surface area (Å²) in [5.74, 6) is 0. The van der Waals surface area contributed by atoms with Crippen molar-refractivity contribution in [3.8, 4) is 0 Å². The Morgan fingerprint density at radius 2 is 1.47 bits per heavy atom. The SMILES string of the molecule is CN(C)/C1=C(S(C)(=O)=O)/C=C(/S(C)(=O)=O)CCCC1. The Bertz CT molecular complexity index is 610. The first kappa shape index (κ1) is 16.2. The molecule has 1 rings (SSSR count). The van der Waals surface area contributed by atoms with E-state index in [0.29, 0.717) is 18.5 Å². The first-order valence-electron chi connectivity index (χ1n) is 6.04. The smallest absolute Gasteiger partial charge is 0.177 e. The van der Waals surface area contributed by atoms with E-state index in [9.17, 15) is 16.8 Å². The predicted molar refractivity (Wildman–Crippen MR) is 77.0 cm³/mol. The van der Waals surface area contributed by atoms with Crippen LogP contribution in [0, 0.1) is 0 Å². The summed E-state index contributed by atoms with van der Waals surface area (Å²) in [5.41, 5.74) is 0.670. The molecule has 0 saturated heterocycles. The lowest BCUT2D eigenvalue weighted by Gasteiger charge is -2.22. The van der Waals surface area contributed by atoms with Crippen LogP contribution in [0.4, 0.5) is 0 Å². The molecule has 0 fully saturated rings. The maximum atomic E-state index is 11.9. The lowest BCUT2D eigenvalue weighted by atomic mass is 10.1. The first-order chi connectivity index (χ1) is 8.53. The topological polar surface area (TPSA) is 71.5 Å². The molecule has 1 aliphatic carbocycles. The standard InChI is InChI=1S/C12H21NO4S2/c1-13(2)11-8-6-5-7-10(18(3,14)15)9-12(11)19(4,16)17/h9H,5-8H2,1-4H3/b10-9+,12-11-. The molecule has 0 heterocycles. The highest BCUT2D eigenvalue weighted by Gasteiger charge is 2.22. The van der Waals surface area contributed by atoms with Gasteiger partial charge in [-0.15, -0.1) is 0 Å². The zero-order chi connectivity index (χ0) is 14.8. The maximum absolute atomic E-state index is 11.9. The van der Waals surface area contributed by atoms with E-state index >= 15 is 0 Å². The molecule has 0 aromatic carbocycles. The van der Waals surface area contributed by atoms with E-state index in [4.69, 9.17) is 0 Å². The quantitative estimate of drug-likeness (QED) is 0.786. The molecule has 0 aliphatic heterocycles. The third kappa shape index (κ3) is 4.35. The van der Waals surface area contributed by atoms with E-state index in [1.165, 1.54) is 6.08 Å². The second-order valence-corrected chi connectivity index (χ2v) is 9.12. The highest BCUT2D eigenvalue weighted by atomic mass is 32.2. The van der Waals surface area contributed by atoms with Crippen molar-refractivity contribution in [2.24, 2.45) is 0 Å². The van der Waals surface area contributed by atoms with Crippen molar-refractivity contribution in [1.82, 2.24) is 4.90 Å². The minimum Gasteiger partial charge on any atom is -0.380 e. The number of allylic oxidation sites excluding steroid dienone is 3. The van der Waals surface area contributed by atoms with Crippen LogP contribution in [0.15, 0.2) is 21.6 Å². The molecule has 0 spiro atoms. The Kier molecular flexibility index (Phi) is 4.84. The molecule has 0 aromatic rings. The van der Waals surface area contributed by atoms with Crippen molar-refractivity contribution in [2.75, 3.05) is 26.6 Å². The van der Waals surface area contributed by atoms with Crippen molar-refractivity contribution in [1.29, 1.82) is 0 Å². The van der Waals surface area contributed by atoms with Crippen LogP contribution in [0.25, 0.3) is 0 Å². The van der Waals surface area contributed by atoms with Gasteiger partial charge in [0.05, 0.1) is 4.91 Å². The highest BCUT2D eigenvalue weighted by Crippen LogP contribution is 2.28. The summed E-state index contributed by atoms with van der Waals surface area (Å²) >= 11 is 0. The van der Waals surface area contributed by atoms with Gasteiger partial charge in [0.2, 0.25) is 0 Å². The normalized spacial score (nSPS) is 25.2. The van der Waals surface area contributed by atoms with Gasteiger partial charge in [-0.25, -0.2) is 16.8 Å². The van der Waals surface area contributed by atoms with Gasteiger partial charge >= 0.3 is 0 Å². The second-order valence-electron chi connectivity index (χ2n) is 5.07. The van der Waals surface area contributed by atoms with Gasteiger partial charge in [-0.2, -0.15) is 0 Å². The summed E-state index contributed by atoms with van der Waals surface area (Å²) in [6, 6.07) is 0. The molecular weight excluding hydrogens is 286 g/mol. The molecule has 0 saturated carbocycles. The number of hydrogen-bond acceptors (Lipinski definition) is 5. The lowest BCUT2D eigenvalue weighted by Crippen LogP contribution is -2.18. The zero-order valence-corrected chi connectivity index (χ0v) is 13.4. The first-order valence-corrected chi connectivity index (χ1v) is 9.83.